The molecule has 0 spiro atoms. The van der Waals surface area contributed by atoms with E-state index in [0.717, 1.165) is 45.0 Å². The Morgan fingerprint density at radius 1 is 0.127 bits per heavy atom. The lowest BCUT2D eigenvalue weighted by molar-refractivity contribution is 1.08. The van der Waals surface area contributed by atoms with E-state index in [9.17, 15) is 0 Å². The third kappa shape index (κ3) is 12.2. The van der Waals surface area contributed by atoms with Crippen molar-refractivity contribution in [2.45, 2.75) is 0 Å². The first-order chi connectivity index (χ1) is 62.6. The summed E-state index contributed by atoms with van der Waals surface area (Å²) >= 11 is 0. The van der Waals surface area contributed by atoms with Gasteiger partial charge in [-0.2, -0.15) is 0 Å². The van der Waals surface area contributed by atoms with Crippen LogP contribution in [0.3, 0.4) is 0 Å². The second kappa shape index (κ2) is 30.7. The Morgan fingerprint density at radius 3 is 0.643 bits per heavy atom. The molecule has 7 heterocycles. The Bertz CT molecular complexity index is 8170. The van der Waals surface area contributed by atoms with E-state index in [2.05, 4.69) is 507 Å². The zero-order valence-corrected chi connectivity index (χ0v) is 68.7. The van der Waals surface area contributed by atoms with Crippen molar-refractivity contribution < 1.29 is 0 Å². The Kier molecular flexibility index (Phi) is 17.8. The van der Waals surface area contributed by atoms with Crippen molar-refractivity contribution in [3.63, 3.8) is 0 Å². The fourth-order valence-electron chi connectivity index (χ4n) is 19.9. The van der Waals surface area contributed by atoms with Crippen LogP contribution >= 0.6 is 0 Å². The number of benzene rings is 19. The summed E-state index contributed by atoms with van der Waals surface area (Å²) in [5.74, 6) is 0.905. The summed E-state index contributed by atoms with van der Waals surface area (Å²) in [7, 11) is 0. The lowest BCUT2D eigenvalue weighted by Gasteiger charge is -2.14. The standard InChI is InChI=1S/C42H28N2.C41H27N3.C36H24N2/c1-4-14-29(15-5-1)31-26-32(30-16-6-2-7-17-30)28-34(27-31)44-38-23-13-11-21-36(38)42-40(44)25-24-39-41(42)35-20-10-12-22-37(35)43(39)33-18-8-3-9-19-33;1-4-14-28(15-5-1)30-26-34(29-16-6-2-7-17-29)42-39(27-30)44-36-23-13-11-21-33(36)41-38(44)25-24-37-40(41)32-20-10-12-22-35(32)43(37)31-18-8-3-9-19-31;1-3-11-25(12-4-1)26-19-21-28(22-20-26)38-32-18-10-8-16-30(32)36-34(38)24-23-33-35(36)29-15-7-9-17-31(29)37(33)27-13-5-2-6-14-27/h1-28H;1-27H;1-24H. The number of rotatable bonds is 11. The maximum absolute atomic E-state index is 5.32. The summed E-state index contributed by atoms with van der Waals surface area (Å²) in [6.45, 7) is 0. The van der Waals surface area contributed by atoms with Gasteiger partial charge in [0.2, 0.25) is 0 Å². The number of hydrogen-bond donors (Lipinski definition) is 0. The van der Waals surface area contributed by atoms with Crippen LogP contribution in [0.2, 0.25) is 0 Å². The van der Waals surface area contributed by atoms with Gasteiger partial charge in [0, 0.05) is 98.6 Å². The average molecular weight is 1610 g/mol. The fraction of sp³-hybridized carbons (Fsp3) is 0. The summed E-state index contributed by atoms with van der Waals surface area (Å²) in [6, 6.07) is 172. The van der Waals surface area contributed by atoms with Crippen LogP contribution in [0.15, 0.2) is 479 Å². The van der Waals surface area contributed by atoms with Crippen molar-refractivity contribution >= 4 is 131 Å². The SMILES string of the molecule is c1ccc(-c2cc(-c3ccccc3)cc(-n3c4ccccc4c4c5c6ccccc6n(-c6ccccc6)c5ccc43)c2)cc1.c1ccc(-c2cc(-c3ccccc3)nc(-n3c4ccccc4c4c5c6ccccc6n(-c6ccccc6)c5ccc43)c2)cc1.c1ccc(-c2ccc(-n3c4ccccc4c4c5c6ccccc6n(-c6ccccc6)c5ccc43)cc2)cc1. The summed E-state index contributed by atoms with van der Waals surface area (Å²) in [4.78, 5) is 5.32. The van der Waals surface area contributed by atoms with Gasteiger partial charge >= 0.3 is 0 Å². The van der Waals surface area contributed by atoms with Gasteiger partial charge in [0.05, 0.1) is 71.9 Å². The Morgan fingerprint density at radius 2 is 0.341 bits per heavy atom. The lowest BCUT2D eigenvalue weighted by atomic mass is 9.98. The maximum atomic E-state index is 5.32. The quantitative estimate of drug-likeness (QED) is 0.127. The topological polar surface area (TPSA) is 42.5 Å². The van der Waals surface area contributed by atoms with Crippen LogP contribution in [0, 0.1) is 0 Å². The summed E-state index contributed by atoms with van der Waals surface area (Å²) < 4.78 is 14.4. The van der Waals surface area contributed by atoms with E-state index in [4.69, 9.17) is 4.98 Å². The second-order valence-electron chi connectivity index (χ2n) is 32.4. The number of hydrogen-bond acceptors (Lipinski definition) is 1. The molecule has 0 bridgehead atoms. The molecule has 7 aromatic heterocycles. The van der Waals surface area contributed by atoms with Crippen LogP contribution < -0.4 is 0 Å². The molecular weight excluding hydrogens is 1530 g/mol. The van der Waals surface area contributed by atoms with Crippen molar-refractivity contribution in [3.05, 3.63) is 479 Å². The number of fused-ring (bicyclic) bond motifs is 21. The first kappa shape index (κ1) is 73.1. The van der Waals surface area contributed by atoms with Crippen molar-refractivity contribution in [3.8, 4) is 90.0 Å². The smallest absolute Gasteiger partial charge is 0.138 e. The summed E-state index contributed by atoms with van der Waals surface area (Å²) in [5.41, 5.74) is 31.9. The Labute approximate surface area is 727 Å². The van der Waals surface area contributed by atoms with Crippen LogP contribution in [-0.4, -0.2) is 32.4 Å². The van der Waals surface area contributed by atoms with Crippen LogP contribution in [-0.2, 0) is 0 Å². The van der Waals surface area contributed by atoms with Gasteiger partial charge in [0.15, 0.2) is 0 Å². The zero-order chi connectivity index (χ0) is 83.1. The van der Waals surface area contributed by atoms with Gasteiger partial charge in [-0.15, -0.1) is 0 Å². The minimum absolute atomic E-state index is 0.905. The number of aromatic nitrogens is 7. The van der Waals surface area contributed by atoms with Crippen molar-refractivity contribution in [1.82, 2.24) is 32.4 Å². The van der Waals surface area contributed by atoms with Crippen LogP contribution in [0.1, 0.15) is 0 Å². The average Bonchev–Trinajstić information content (AvgIpc) is 1.56. The Hall–Kier alpha value is -16.9. The van der Waals surface area contributed by atoms with E-state index >= 15 is 0 Å². The third-order valence-corrected chi connectivity index (χ3v) is 25.3. The number of nitrogens with zero attached hydrogens (tertiary/aromatic N) is 7. The van der Waals surface area contributed by atoms with E-state index in [1.807, 2.05) is 0 Å². The molecule has 0 fully saturated rings. The van der Waals surface area contributed by atoms with Crippen LogP contribution in [0.25, 0.3) is 221 Å². The van der Waals surface area contributed by atoms with Gasteiger partial charge in [-0.3, -0.25) is 4.57 Å². The highest BCUT2D eigenvalue weighted by Crippen LogP contribution is 2.48. The van der Waals surface area contributed by atoms with E-state index < -0.39 is 0 Å². The second-order valence-corrected chi connectivity index (χ2v) is 32.4. The maximum Gasteiger partial charge on any atom is 0.138 e. The molecule has 126 heavy (non-hydrogen) atoms. The predicted octanol–water partition coefficient (Wildman–Crippen LogP) is 31.4. The molecule has 0 unspecified atom stereocenters. The van der Waals surface area contributed by atoms with Crippen molar-refractivity contribution in [1.29, 1.82) is 0 Å². The third-order valence-electron chi connectivity index (χ3n) is 25.3. The van der Waals surface area contributed by atoms with Crippen molar-refractivity contribution in [2.24, 2.45) is 0 Å². The summed E-state index contributed by atoms with van der Waals surface area (Å²) in [6.07, 6.45) is 0. The molecular formula is C119H79N7. The first-order valence-corrected chi connectivity index (χ1v) is 43.2. The molecule has 0 amide bonds. The number of para-hydroxylation sites is 9. The molecule has 0 saturated heterocycles. The van der Waals surface area contributed by atoms with Gasteiger partial charge < -0.3 is 22.8 Å². The largest absolute Gasteiger partial charge is 0.309 e. The lowest BCUT2D eigenvalue weighted by Crippen LogP contribution is -2.00. The highest BCUT2D eigenvalue weighted by atomic mass is 15.1. The van der Waals surface area contributed by atoms with Gasteiger partial charge in [-0.25, -0.2) is 4.98 Å². The molecule has 0 radical (unpaired) electrons. The fourth-order valence-corrected chi connectivity index (χ4v) is 19.9. The molecule has 19 aromatic carbocycles. The van der Waals surface area contributed by atoms with Gasteiger partial charge in [0.25, 0.3) is 0 Å². The molecule has 0 aliphatic carbocycles. The molecule has 26 rings (SSSR count). The van der Waals surface area contributed by atoms with E-state index in [-0.39, 0.29) is 0 Å². The van der Waals surface area contributed by atoms with Crippen molar-refractivity contribution in [2.75, 3.05) is 0 Å². The van der Waals surface area contributed by atoms with E-state index in [1.165, 1.54) is 176 Å². The zero-order valence-electron chi connectivity index (χ0n) is 68.7. The first-order valence-electron chi connectivity index (χ1n) is 43.2. The monoisotopic (exact) mass is 1610 g/mol. The molecule has 0 aliphatic heterocycles. The highest BCUT2D eigenvalue weighted by molar-refractivity contribution is 6.32. The van der Waals surface area contributed by atoms with Crippen LogP contribution in [0.4, 0.5) is 0 Å². The minimum Gasteiger partial charge on any atom is -0.309 e. The number of pyridine rings is 1. The molecule has 590 valence electrons. The van der Waals surface area contributed by atoms with Gasteiger partial charge in [0.1, 0.15) is 5.82 Å². The van der Waals surface area contributed by atoms with E-state index in [1.54, 1.807) is 0 Å². The molecule has 7 heteroatoms. The minimum atomic E-state index is 0.905. The van der Waals surface area contributed by atoms with Crippen LogP contribution in [0.5, 0.6) is 0 Å². The Balaban J connectivity index is 0.000000106. The summed E-state index contributed by atoms with van der Waals surface area (Å²) in [5, 5.41) is 15.2. The molecule has 26 aromatic rings. The normalized spacial score (nSPS) is 11.7. The predicted molar refractivity (Wildman–Crippen MR) is 530 cm³/mol. The van der Waals surface area contributed by atoms with Gasteiger partial charge in [-0.1, -0.05) is 328 Å². The van der Waals surface area contributed by atoms with Gasteiger partial charge in [-0.05, 0) is 196 Å². The van der Waals surface area contributed by atoms with E-state index in [0.29, 0.717) is 0 Å². The molecule has 0 saturated carbocycles. The highest BCUT2D eigenvalue weighted by Gasteiger charge is 2.26. The molecule has 0 atom stereocenters. The molecule has 7 nitrogen and oxygen atoms in total. The molecule has 0 aliphatic rings. The molecule has 0 N–H and O–H groups in total.